The van der Waals surface area contributed by atoms with Gasteiger partial charge in [0.25, 0.3) is 0 Å². The molecule has 0 nitrogen and oxygen atoms in total. The Bertz CT molecular complexity index is 931. The van der Waals surface area contributed by atoms with Crippen LogP contribution in [0.25, 0.3) is 21.7 Å². The van der Waals surface area contributed by atoms with Crippen LogP contribution < -0.4 is 0 Å². The van der Waals surface area contributed by atoms with E-state index in [0.29, 0.717) is 0 Å². The summed E-state index contributed by atoms with van der Waals surface area (Å²) in [5.41, 5.74) is 9.44. The van der Waals surface area contributed by atoms with Crippen molar-refractivity contribution in [3.05, 3.63) is 82.4 Å². The summed E-state index contributed by atoms with van der Waals surface area (Å²) in [6, 6.07) is 17.6. The second-order valence-corrected chi connectivity index (χ2v) is 10.8. The zero-order valence-corrected chi connectivity index (χ0v) is 24.5. The van der Waals surface area contributed by atoms with Gasteiger partial charge < -0.3 is 0 Å². The summed E-state index contributed by atoms with van der Waals surface area (Å²) in [5, 5.41) is 3.21. The molecule has 2 aromatic carbocycles. The van der Waals surface area contributed by atoms with Crippen LogP contribution in [0.2, 0.25) is 0 Å². The molecule has 0 saturated carbocycles. The van der Waals surface area contributed by atoms with E-state index in [1.54, 1.807) is 32.8 Å². The van der Waals surface area contributed by atoms with Gasteiger partial charge in [-0.1, -0.05) is 90.7 Å². The van der Waals surface area contributed by atoms with Gasteiger partial charge in [0.15, 0.2) is 0 Å². The van der Waals surface area contributed by atoms with Crippen LogP contribution in [0.4, 0.5) is 0 Å². The molecule has 0 aliphatic rings. The Morgan fingerprint density at radius 3 is 1.33 bits per heavy atom. The maximum Gasteiger partial charge on any atom is 2.00 e. The molecule has 4 aromatic rings. The van der Waals surface area contributed by atoms with Crippen molar-refractivity contribution in [1.82, 2.24) is 0 Å². The van der Waals surface area contributed by atoms with Crippen molar-refractivity contribution in [3.63, 3.8) is 0 Å². The molecule has 0 aliphatic carbocycles. The van der Waals surface area contributed by atoms with Gasteiger partial charge in [-0.3, -0.25) is 0 Å². The molecule has 2 aromatic heterocycles. The van der Waals surface area contributed by atoms with Crippen LogP contribution >= 0.6 is 16.4 Å². The smallest absolute Gasteiger partial charge is 0.183 e. The Labute approximate surface area is 220 Å². The van der Waals surface area contributed by atoms with E-state index in [-0.39, 0.29) is 21.7 Å². The Morgan fingerprint density at radius 2 is 1.03 bits per heavy atom. The van der Waals surface area contributed by atoms with Crippen LogP contribution in [0.3, 0.4) is 0 Å². The van der Waals surface area contributed by atoms with Gasteiger partial charge in [0, 0.05) is 0 Å². The van der Waals surface area contributed by atoms with Crippen molar-refractivity contribution in [2.24, 2.45) is 0 Å². The van der Waals surface area contributed by atoms with Crippen LogP contribution in [0.5, 0.6) is 0 Å². The number of hydrogen-bond acceptors (Lipinski definition) is 0. The Morgan fingerprint density at radius 1 is 0.636 bits per heavy atom. The van der Waals surface area contributed by atoms with Crippen molar-refractivity contribution in [3.8, 4) is 21.7 Å². The van der Waals surface area contributed by atoms with E-state index in [1.807, 2.05) is 0 Å². The molecule has 174 valence electrons. The zero-order chi connectivity index (χ0) is 22.8. The van der Waals surface area contributed by atoms with Gasteiger partial charge in [0.1, 0.15) is 0 Å². The number of hydrogen-bond donors (Lipinski definition) is 0. The normalized spacial score (nSPS) is 11.0. The minimum absolute atomic E-state index is 0. The first kappa shape index (κ1) is 28.2. The second-order valence-electron chi connectivity index (χ2n) is 8.68. The van der Waals surface area contributed by atoms with Gasteiger partial charge in [0.05, 0.1) is 0 Å². The van der Waals surface area contributed by atoms with Gasteiger partial charge in [-0.05, 0) is 27.0 Å². The SMILES string of the molecule is CCCc1c[pH+][c-](-c2ccc[cH-]2)c1CCC.CCCc1c[pH+][c-](-c2ccc[cH-]2)c1CCC.[Ti+2]. The predicted octanol–water partition coefficient (Wildman–Crippen LogP) is 10.0. The summed E-state index contributed by atoms with van der Waals surface area (Å²) in [6.07, 6.45) is 10.0. The summed E-state index contributed by atoms with van der Waals surface area (Å²) >= 11 is 0. The van der Waals surface area contributed by atoms with Gasteiger partial charge in [-0.2, -0.15) is 46.5 Å². The summed E-state index contributed by atoms with van der Waals surface area (Å²) in [7, 11) is 1.78. The molecule has 3 heteroatoms. The Balaban J connectivity index is 0.000000227. The van der Waals surface area contributed by atoms with Gasteiger partial charge >= 0.3 is 21.7 Å². The first-order valence-electron chi connectivity index (χ1n) is 12.6. The minimum atomic E-state index is 0. The van der Waals surface area contributed by atoms with Crippen molar-refractivity contribution in [1.29, 1.82) is 0 Å². The molecular weight excluding hydrogens is 470 g/mol. The number of rotatable bonds is 10. The van der Waals surface area contributed by atoms with E-state index in [4.69, 9.17) is 0 Å². The third kappa shape index (κ3) is 7.48. The van der Waals surface area contributed by atoms with Gasteiger partial charge in [-0.15, -0.1) is 35.4 Å². The summed E-state index contributed by atoms with van der Waals surface area (Å²) in [4.78, 5) is 0. The molecular formula is C30H40P2Ti. The van der Waals surface area contributed by atoms with E-state index >= 15 is 0 Å². The van der Waals surface area contributed by atoms with Crippen molar-refractivity contribution in [2.75, 3.05) is 0 Å². The molecule has 0 amide bonds. The average molecular weight is 510 g/mol. The largest absolute Gasteiger partial charge is 2.00 e. The predicted molar refractivity (Wildman–Crippen MR) is 150 cm³/mol. The molecule has 2 heterocycles. The molecule has 0 fully saturated rings. The van der Waals surface area contributed by atoms with E-state index in [9.17, 15) is 0 Å². The van der Waals surface area contributed by atoms with Crippen LogP contribution in [0, 0.1) is 0 Å². The van der Waals surface area contributed by atoms with Crippen molar-refractivity contribution in [2.45, 2.75) is 79.1 Å². The molecule has 33 heavy (non-hydrogen) atoms. The average Bonchev–Trinajstić information content (AvgIpc) is 3.58. The monoisotopic (exact) mass is 510 g/mol. The molecule has 2 unspecified atom stereocenters. The molecule has 0 spiro atoms. The van der Waals surface area contributed by atoms with E-state index in [2.05, 4.69) is 87.8 Å². The van der Waals surface area contributed by atoms with E-state index < -0.39 is 0 Å². The first-order chi connectivity index (χ1) is 15.7. The van der Waals surface area contributed by atoms with Crippen molar-refractivity contribution < 1.29 is 21.7 Å². The molecule has 0 radical (unpaired) electrons. The summed E-state index contributed by atoms with van der Waals surface area (Å²) < 4.78 is 0. The fourth-order valence-corrected chi connectivity index (χ4v) is 7.50. The van der Waals surface area contributed by atoms with Gasteiger partial charge in [-0.25, -0.2) is 0 Å². The third-order valence-electron chi connectivity index (χ3n) is 6.10. The minimum Gasteiger partial charge on any atom is -0.183 e. The fraction of sp³-hybridized carbons (Fsp3) is 0.400. The summed E-state index contributed by atoms with van der Waals surface area (Å²) in [6.45, 7) is 9.10. The second kappa shape index (κ2) is 15.1. The molecule has 0 saturated heterocycles. The number of aryl methyl sites for hydroxylation is 2. The maximum atomic E-state index is 2.47. The Hall–Kier alpha value is -1.03. The maximum absolute atomic E-state index is 2.47. The zero-order valence-electron chi connectivity index (χ0n) is 20.9. The van der Waals surface area contributed by atoms with Crippen LogP contribution in [0.15, 0.2) is 60.1 Å². The standard InChI is InChI=1S/2C15H20P.Ti/c2*1-3-7-13-11-16-15(14(13)8-4-2)12-9-5-6-10-12;/h2*5-6,9-11,16H,3-4,7-8H2,1-2H3;/q2*-1;+2. The Kier molecular flexibility index (Phi) is 12.9. The van der Waals surface area contributed by atoms with Crippen LogP contribution in [-0.4, -0.2) is 0 Å². The molecule has 0 aliphatic heterocycles. The van der Waals surface area contributed by atoms with Crippen molar-refractivity contribution >= 4 is 16.4 Å². The molecule has 2 atom stereocenters. The fourth-order valence-electron chi connectivity index (χ4n) is 4.64. The molecule has 0 N–H and O–H groups in total. The molecule has 0 bridgehead atoms. The van der Waals surface area contributed by atoms with Crippen LogP contribution in [0.1, 0.15) is 75.6 Å². The topological polar surface area (TPSA) is 0 Å². The molecule has 4 rings (SSSR count). The third-order valence-corrected chi connectivity index (χ3v) is 8.85. The summed E-state index contributed by atoms with van der Waals surface area (Å²) in [5.74, 6) is 4.94. The van der Waals surface area contributed by atoms with E-state index in [0.717, 1.165) is 16.4 Å². The van der Waals surface area contributed by atoms with E-state index in [1.165, 1.54) is 62.5 Å². The van der Waals surface area contributed by atoms with Gasteiger partial charge in [0.2, 0.25) is 0 Å². The first-order valence-corrected chi connectivity index (χ1v) is 14.7. The quantitative estimate of drug-likeness (QED) is 0.147. The van der Waals surface area contributed by atoms with Crippen LogP contribution in [-0.2, 0) is 47.4 Å².